The molecule has 61 heavy (non-hydrogen) atoms. The molecule has 1 fully saturated rings. The lowest BCUT2D eigenvalue weighted by atomic mass is 9.91. The van der Waals surface area contributed by atoms with E-state index in [4.69, 9.17) is 25.8 Å². The lowest BCUT2D eigenvalue weighted by Crippen LogP contribution is -2.52. The Kier molecular flexibility index (Phi) is 11.7. The van der Waals surface area contributed by atoms with E-state index in [0.29, 0.717) is 86.4 Å². The molecule has 1 aromatic heterocycles. The second kappa shape index (κ2) is 17.3. The van der Waals surface area contributed by atoms with Crippen molar-refractivity contribution in [1.29, 1.82) is 0 Å². The number of hydrogen-bond donors (Lipinski definition) is 1. The number of ether oxygens (including phenoxy) is 3. The number of nitrogens with zero attached hydrogens (tertiary/aromatic N) is 5. The standard InChI is InChI=1S/C48H50ClN5O6.ClH/c1-50-16-5-7-31-24-34(12-15-42(31)50)54(33-10-13-36(55)14-11-33)48(57)40-26-44(52-17-3-2-9-43(40)52)38-27-45-46(60-23-22-59-45)28-39(38)47(56)53-29-32-6-4-8-41(49)37(32)25-35(53)30-51-18-20-58-21-19-51;/h4,6,8,10-15,24,26-28,35,55H,2-3,5,7,9,16-23,25,29-30H2,1H3;1H/t35-;/m0./s1. The van der Waals surface area contributed by atoms with Gasteiger partial charge in [-0.25, -0.2) is 0 Å². The highest BCUT2D eigenvalue weighted by molar-refractivity contribution is 6.31. The number of phenolic OH excluding ortho intramolecular Hbond substituents is 1. The second-order valence-electron chi connectivity index (χ2n) is 16.6. The molecule has 0 unspecified atom stereocenters. The SMILES string of the molecule is CN1CCCc2cc(N(C(=O)c3cc(-c4cc5c(cc4C(=O)N4Cc6cccc(Cl)c6C[C@H]4CN4CCOCC4)OCCO5)n4c3CCCC4)c3ccc(O)cc3)ccc21.Cl. The molecule has 6 heterocycles. The van der Waals surface area contributed by atoms with Crippen LogP contribution < -0.4 is 19.3 Å². The van der Waals surface area contributed by atoms with Crippen molar-refractivity contribution >= 4 is 52.9 Å². The number of aromatic nitrogens is 1. The molecule has 0 bridgehead atoms. The first kappa shape index (κ1) is 41.2. The molecule has 5 aliphatic heterocycles. The van der Waals surface area contributed by atoms with Crippen molar-refractivity contribution in [3.8, 4) is 28.5 Å². The van der Waals surface area contributed by atoms with Crippen molar-refractivity contribution in [2.45, 2.75) is 57.7 Å². The number of carbonyl (C=O) groups is 2. The molecular formula is C48H51Cl2N5O6. The summed E-state index contributed by atoms with van der Waals surface area (Å²) < 4.78 is 20.2. The third-order valence-electron chi connectivity index (χ3n) is 12.9. The van der Waals surface area contributed by atoms with Crippen molar-refractivity contribution in [3.05, 3.63) is 117 Å². The lowest BCUT2D eigenvalue weighted by Gasteiger charge is -2.41. The largest absolute Gasteiger partial charge is 0.508 e. The van der Waals surface area contributed by atoms with Crippen LogP contribution in [0.1, 0.15) is 62.4 Å². The zero-order valence-electron chi connectivity index (χ0n) is 34.4. The van der Waals surface area contributed by atoms with E-state index < -0.39 is 0 Å². The molecule has 5 aliphatic rings. The highest BCUT2D eigenvalue weighted by Crippen LogP contribution is 2.43. The maximum absolute atomic E-state index is 15.4. The smallest absolute Gasteiger partial charge is 0.264 e. The molecule has 13 heteroatoms. The van der Waals surface area contributed by atoms with Crippen LogP contribution >= 0.6 is 24.0 Å². The Labute approximate surface area is 367 Å². The number of phenols is 1. The van der Waals surface area contributed by atoms with Gasteiger partial charge in [-0.2, -0.15) is 0 Å². The van der Waals surface area contributed by atoms with Gasteiger partial charge < -0.3 is 33.7 Å². The quantitative estimate of drug-likeness (QED) is 0.175. The van der Waals surface area contributed by atoms with Crippen LogP contribution in [0.15, 0.2) is 78.9 Å². The number of fused-ring (bicyclic) bond motifs is 4. The Bertz CT molecular complexity index is 2470. The summed E-state index contributed by atoms with van der Waals surface area (Å²) >= 11 is 6.80. The molecule has 1 atom stereocenters. The molecular weight excluding hydrogens is 813 g/mol. The Morgan fingerprint density at radius 3 is 2.38 bits per heavy atom. The number of hydrogen-bond acceptors (Lipinski definition) is 8. The van der Waals surface area contributed by atoms with Gasteiger partial charge in [0.05, 0.1) is 24.3 Å². The van der Waals surface area contributed by atoms with Gasteiger partial charge in [-0.15, -0.1) is 12.4 Å². The zero-order chi connectivity index (χ0) is 40.9. The van der Waals surface area contributed by atoms with Crippen molar-refractivity contribution in [2.75, 3.05) is 69.5 Å². The van der Waals surface area contributed by atoms with Crippen LogP contribution in [0.4, 0.5) is 17.1 Å². The van der Waals surface area contributed by atoms with Gasteiger partial charge in [0.1, 0.15) is 19.0 Å². The summed E-state index contributed by atoms with van der Waals surface area (Å²) in [6, 6.07) is 24.7. The zero-order valence-corrected chi connectivity index (χ0v) is 36.0. The van der Waals surface area contributed by atoms with Crippen LogP contribution in [-0.2, 0) is 37.1 Å². The van der Waals surface area contributed by atoms with Crippen LogP contribution in [0.25, 0.3) is 11.3 Å². The maximum Gasteiger partial charge on any atom is 0.264 e. The van der Waals surface area contributed by atoms with Gasteiger partial charge in [0, 0.05) is 91.4 Å². The molecule has 0 radical (unpaired) electrons. The minimum atomic E-state index is -0.165. The van der Waals surface area contributed by atoms with Gasteiger partial charge in [-0.3, -0.25) is 19.4 Å². The highest BCUT2D eigenvalue weighted by Gasteiger charge is 2.37. The summed E-state index contributed by atoms with van der Waals surface area (Å²) in [7, 11) is 2.11. The third kappa shape index (κ3) is 7.82. The number of rotatable bonds is 7. The third-order valence-corrected chi connectivity index (χ3v) is 13.3. The van der Waals surface area contributed by atoms with E-state index >= 15 is 9.59 Å². The van der Waals surface area contributed by atoms with Crippen molar-refractivity contribution < 1.29 is 28.9 Å². The first-order chi connectivity index (χ1) is 29.3. The van der Waals surface area contributed by atoms with Gasteiger partial charge in [-0.05, 0) is 122 Å². The topological polar surface area (TPSA) is 100.0 Å². The maximum atomic E-state index is 15.4. The number of aromatic hydroxyl groups is 1. The predicted molar refractivity (Wildman–Crippen MR) is 240 cm³/mol. The number of anilines is 3. The summed E-state index contributed by atoms with van der Waals surface area (Å²) in [4.78, 5) is 39.2. The fraction of sp³-hybridized carbons (Fsp3) is 0.375. The number of amides is 2. The van der Waals surface area contributed by atoms with E-state index in [1.54, 1.807) is 29.2 Å². The normalized spacial score (nSPS) is 18.4. The van der Waals surface area contributed by atoms with Crippen molar-refractivity contribution in [1.82, 2.24) is 14.4 Å². The Balaban J connectivity index is 0.00000476. The average Bonchev–Trinajstić information content (AvgIpc) is 3.67. The Morgan fingerprint density at radius 2 is 1.57 bits per heavy atom. The molecule has 10 rings (SSSR count). The van der Waals surface area contributed by atoms with Gasteiger partial charge in [0.15, 0.2) is 11.5 Å². The van der Waals surface area contributed by atoms with Crippen LogP contribution in [0.3, 0.4) is 0 Å². The van der Waals surface area contributed by atoms with Gasteiger partial charge in [0.25, 0.3) is 11.8 Å². The Hall–Kier alpha value is -5.20. The highest BCUT2D eigenvalue weighted by atomic mass is 35.5. The number of morpholine rings is 1. The van der Waals surface area contributed by atoms with Gasteiger partial charge >= 0.3 is 0 Å². The van der Waals surface area contributed by atoms with Crippen LogP contribution in [0.2, 0.25) is 5.02 Å². The second-order valence-corrected chi connectivity index (χ2v) is 17.0. The van der Waals surface area contributed by atoms with Gasteiger partial charge in [-0.1, -0.05) is 23.7 Å². The van der Waals surface area contributed by atoms with E-state index in [1.165, 1.54) is 11.3 Å². The van der Waals surface area contributed by atoms with E-state index in [-0.39, 0.29) is 36.0 Å². The van der Waals surface area contributed by atoms with E-state index in [2.05, 4.69) is 39.6 Å². The predicted octanol–water partition coefficient (Wildman–Crippen LogP) is 8.30. The van der Waals surface area contributed by atoms with Crippen molar-refractivity contribution in [3.63, 3.8) is 0 Å². The van der Waals surface area contributed by atoms with E-state index in [9.17, 15) is 5.11 Å². The number of aryl methyl sites for hydroxylation is 1. The minimum absolute atomic E-state index is 0. The lowest BCUT2D eigenvalue weighted by molar-refractivity contribution is 0.0193. The molecule has 1 N–H and O–H groups in total. The average molecular weight is 865 g/mol. The Morgan fingerprint density at radius 1 is 0.803 bits per heavy atom. The molecule has 5 aromatic rings. The minimum Gasteiger partial charge on any atom is -0.508 e. The molecule has 318 valence electrons. The van der Waals surface area contributed by atoms with Crippen LogP contribution in [0, 0.1) is 0 Å². The summed E-state index contributed by atoms with van der Waals surface area (Å²) in [5.41, 5.74) is 9.50. The first-order valence-electron chi connectivity index (χ1n) is 21.3. The van der Waals surface area contributed by atoms with Gasteiger partial charge in [0.2, 0.25) is 0 Å². The number of carbonyl (C=O) groups excluding carboxylic acids is 2. The summed E-state index contributed by atoms with van der Waals surface area (Å²) in [5, 5.41) is 11.0. The molecule has 0 saturated carbocycles. The molecule has 1 saturated heterocycles. The van der Waals surface area contributed by atoms with Crippen LogP contribution in [-0.4, -0.2) is 97.0 Å². The molecule has 11 nitrogen and oxygen atoms in total. The number of benzene rings is 4. The molecule has 2 amide bonds. The fourth-order valence-electron chi connectivity index (χ4n) is 9.85. The fourth-order valence-corrected chi connectivity index (χ4v) is 10.1. The first-order valence-corrected chi connectivity index (χ1v) is 21.7. The van der Waals surface area contributed by atoms with E-state index in [1.807, 2.05) is 41.3 Å². The molecule has 0 aliphatic carbocycles. The van der Waals surface area contributed by atoms with Crippen LogP contribution in [0.5, 0.6) is 17.2 Å². The molecule has 4 aromatic carbocycles. The summed E-state index contributed by atoms with van der Waals surface area (Å²) in [5.74, 6) is 0.983. The number of halogens is 2. The monoisotopic (exact) mass is 863 g/mol. The van der Waals surface area contributed by atoms with Crippen molar-refractivity contribution in [2.24, 2.45) is 0 Å². The van der Waals surface area contributed by atoms with E-state index in [0.717, 1.165) is 85.0 Å². The molecule has 0 spiro atoms. The summed E-state index contributed by atoms with van der Waals surface area (Å²) in [6.07, 6.45) is 5.22. The summed E-state index contributed by atoms with van der Waals surface area (Å²) in [6.45, 7) is 6.55.